The van der Waals surface area contributed by atoms with Crippen LogP contribution in [0.4, 0.5) is 5.69 Å². The maximum absolute atomic E-state index is 7.00. The molecule has 92 valence electrons. The number of rotatable bonds is 2. The molecule has 0 amide bonds. The van der Waals surface area contributed by atoms with Crippen molar-refractivity contribution in [2.24, 2.45) is 0 Å². The number of nitrogen functional groups attached to an aromatic ring is 1. The number of fused-ring (bicyclic) bond motifs is 1. The highest BCUT2D eigenvalue weighted by Crippen LogP contribution is 2.22. The first kappa shape index (κ1) is 13.7. The second kappa shape index (κ2) is 6.39. The number of halogens is 1. The van der Waals surface area contributed by atoms with Gasteiger partial charge in [-0.05, 0) is 24.7 Å². The first-order chi connectivity index (χ1) is 8.20. The lowest BCUT2D eigenvalue weighted by atomic mass is 10.1. The summed E-state index contributed by atoms with van der Waals surface area (Å²) in [4.78, 5) is 4.23. The molecular formula is C12H16ClN3O. The normalized spacial score (nSPS) is 9.88. The zero-order chi connectivity index (χ0) is 12.8. The van der Waals surface area contributed by atoms with Gasteiger partial charge in [-0.15, -0.1) is 0 Å². The van der Waals surface area contributed by atoms with E-state index in [4.69, 9.17) is 22.4 Å². The molecule has 2 aromatic rings. The summed E-state index contributed by atoms with van der Waals surface area (Å²) in [5, 5.41) is 11.5. The molecule has 0 spiro atoms. The average molecular weight is 254 g/mol. The van der Waals surface area contributed by atoms with Crippen LogP contribution in [0.2, 0.25) is 5.15 Å². The molecule has 0 saturated heterocycles. The fourth-order valence-electron chi connectivity index (χ4n) is 1.52. The van der Waals surface area contributed by atoms with Gasteiger partial charge in [0, 0.05) is 19.0 Å². The Kier molecular flexibility index (Phi) is 5.15. The van der Waals surface area contributed by atoms with Gasteiger partial charge in [-0.1, -0.05) is 23.7 Å². The van der Waals surface area contributed by atoms with Gasteiger partial charge in [0.2, 0.25) is 0 Å². The average Bonchev–Trinajstić information content (AvgIpc) is 2.34. The van der Waals surface area contributed by atoms with Gasteiger partial charge in [-0.25, -0.2) is 4.98 Å². The summed E-state index contributed by atoms with van der Waals surface area (Å²) >= 11 is 5.87. The Bertz CT molecular complexity index is 502. The van der Waals surface area contributed by atoms with Crippen molar-refractivity contribution >= 4 is 28.2 Å². The molecule has 17 heavy (non-hydrogen) atoms. The molecule has 4 N–H and O–H groups in total. The summed E-state index contributed by atoms with van der Waals surface area (Å²) in [6.45, 7) is 0.819. The zero-order valence-electron chi connectivity index (χ0n) is 9.87. The first-order valence-electron chi connectivity index (χ1n) is 5.14. The minimum absolute atomic E-state index is 0.365. The summed E-state index contributed by atoms with van der Waals surface area (Å²) in [6.07, 6.45) is 0. The van der Waals surface area contributed by atoms with Gasteiger partial charge in [0.15, 0.2) is 5.15 Å². The second-order valence-electron chi connectivity index (χ2n) is 3.43. The van der Waals surface area contributed by atoms with E-state index in [1.165, 1.54) is 5.56 Å². The number of anilines is 1. The molecule has 0 bridgehead atoms. The highest BCUT2D eigenvalue weighted by molar-refractivity contribution is 6.32. The predicted octanol–water partition coefficient (Wildman–Crippen LogP) is 1.80. The molecule has 0 aliphatic heterocycles. The molecule has 0 aliphatic rings. The maximum atomic E-state index is 7.00. The third-order valence-electron chi connectivity index (χ3n) is 2.24. The third-order valence-corrected chi connectivity index (χ3v) is 2.55. The standard InChI is InChI=1S/C11H12ClN3.CH4O/c1-14-6-7-2-3-8-5-9(13)11(12)15-10(8)4-7;1-2/h2-5,14H,6,13H2,1H3;2H,1H3. The predicted molar refractivity (Wildman–Crippen MR) is 72.1 cm³/mol. The number of nitrogens with one attached hydrogen (secondary N) is 1. The van der Waals surface area contributed by atoms with E-state index in [2.05, 4.69) is 10.3 Å². The molecule has 0 atom stereocenters. The molecule has 4 nitrogen and oxygen atoms in total. The molecule has 0 radical (unpaired) electrons. The molecule has 5 heteroatoms. The summed E-state index contributed by atoms with van der Waals surface area (Å²) < 4.78 is 0. The molecular weight excluding hydrogens is 238 g/mol. The molecule has 0 fully saturated rings. The fraction of sp³-hybridized carbons (Fsp3) is 0.250. The van der Waals surface area contributed by atoms with Crippen LogP contribution in [0.5, 0.6) is 0 Å². The molecule has 2 rings (SSSR count). The highest BCUT2D eigenvalue weighted by atomic mass is 35.5. The van der Waals surface area contributed by atoms with Crippen LogP contribution in [0.1, 0.15) is 5.56 Å². The van der Waals surface area contributed by atoms with E-state index in [0.717, 1.165) is 24.6 Å². The van der Waals surface area contributed by atoms with Crippen molar-refractivity contribution in [2.45, 2.75) is 6.54 Å². The number of aliphatic hydroxyl groups is 1. The van der Waals surface area contributed by atoms with Gasteiger partial charge >= 0.3 is 0 Å². The van der Waals surface area contributed by atoms with E-state index in [9.17, 15) is 0 Å². The van der Waals surface area contributed by atoms with Crippen molar-refractivity contribution < 1.29 is 5.11 Å². The summed E-state index contributed by atoms with van der Waals surface area (Å²) in [7, 11) is 2.91. The van der Waals surface area contributed by atoms with Gasteiger partial charge in [-0.2, -0.15) is 0 Å². The third kappa shape index (κ3) is 3.30. The summed E-state index contributed by atoms with van der Waals surface area (Å²) in [6, 6.07) is 7.90. The number of hydrogen-bond acceptors (Lipinski definition) is 4. The number of nitrogens with zero attached hydrogens (tertiary/aromatic N) is 1. The number of pyridine rings is 1. The van der Waals surface area contributed by atoms with Crippen LogP contribution in [0, 0.1) is 0 Å². The van der Waals surface area contributed by atoms with Gasteiger partial charge < -0.3 is 16.2 Å². The van der Waals surface area contributed by atoms with E-state index in [0.29, 0.717) is 10.8 Å². The van der Waals surface area contributed by atoms with E-state index in [-0.39, 0.29) is 0 Å². The molecule has 0 aliphatic carbocycles. The molecule has 1 aromatic heterocycles. The smallest absolute Gasteiger partial charge is 0.152 e. The first-order valence-corrected chi connectivity index (χ1v) is 5.52. The Morgan fingerprint density at radius 1 is 1.35 bits per heavy atom. The monoisotopic (exact) mass is 253 g/mol. The maximum Gasteiger partial charge on any atom is 0.152 e. The second-order valence-corrected chi connectivity index (χ2v) is 3.78. The van der Waals surface area contributed by atoms with E-state index >= 15 is 0 Å². The minimum Gasteiger partial charge on any atom is -0.400 e. The van der Waals surface area contributed by atoms with Crippen molar-refractivity contribution in [3.05, 3.63) is 35.0 Å². The minimum atomic E-state index is 0.365. The molecule has 1 aromatic carbocycles. The van der Waals surface area contributed by atoms with Crippen molar-refractivity contribution in [3.63, 3.8) is 0 Å². The van der Waals surface area contributed by atoms with Gasteiger partial charge in [0.25, 0.3) is 0 Å². The lowest BCUT2D eigenvalue weighted by Gasteiger charge is -2.04. The van der Waals surface area contributed by atoms with E-state index in [1.807, 2.05) is 31.3 Å². The fourth-order valence-corrected chi connectivity index (χ4v) is 1.67. The zero-order valence-corrected chi connectivity index (χ0v) is 10.6. The van der Waals surface area contributed by atoms with Crippen LogP contribution < -0.4 is 11.1 Å². The van der Waals surface area contributed by atoms with Crippen LogP contribution >= 0.6 is 11.6 Å². The van der Waals surface area contributed by atoms with E-state index < -0.39 is 0 Å². The molecule has 1 heterocycles. The highest BCUT2D eigenvalue weighted by Gasteiger charge is 2.02. The van der Waals surface area contributed by atoms with Gasteiger partial charge in [0.05, 0.1) is 11.2 Å². The number of aliphatic hydroxyl groups excluding tert-OH is 1. The van der Waals surface area contributed by atoms with Gasteiger partial charge in [-0.3, -0.25) is 0 Å². The number of hydrogen-bond donors (Lipinski definition) is 3. The van der Waals surface area contributed by atoms with Crippen molar-refractivity contribution in [2.75, 3.05) is 19.9 Å². The van der Waals surface area contributed by atoms with Crippen molar-refractivity contribution in [1.82, 2.24) is 10.3 Å². The largest absolute Gasteiger partial charge is 0.400 e. The Balaban J connectivity index is 0.000000686. The van der Waals surface area contributed by atoms with Crippen LogP contribution in [0.25, 0.3) is 10.9 Å². The lowest BCUT2D eigenvalue weighted by Crippen LogP contribution is -2.04. The summed E-state index contributed by atoms with van der Waals surface area (Å²) in [5.74, 6) is 0. The quantitative estimate of drug-likeness (QED) is 0.714. The number of benzene rings is 1. The molecule has 0 unspecified atom stereocenters. The van der Waals surface area contributed by atoms with Crippen LogP contribution in [-0.2, 0) is 6.54 Å². The Labute approximate surface area is 105 Å². The van der Waals surface area contributed by atoms with Crippen LogP contribution in [-0.4, -0.2) is 24.2 Å². The van der Waals surface area contributed by atoms with Crippen molar-refractivity contribution in [1.29, 1.82) is 0 Å². The topological polar surface area (TPSA) is 71.2 Å². The van der Waals surface area contributed by atoms with Crippen LogP contribution in [0.15, 0.2) is 24.3 Å². The van der Waals surface area contributed by atoms with Gasteiger partial charge in [0.1, 0.15) is 0 Å². The van der Waals surface area contributed by atoms with E-state index in [1.54, 1.807) is 0 Å². The van der Waals surface area contributed by atoms with Crippen LogP contribution in [0.3, 0.4) is 0 Å². The Morgan fingerprint density at radius 2 is 2.06 bits per heavy atom. The summed E-state index contributed by atoms with van der Waals surface area (Å²) in [5.41, 5.74) is 8.25. The number of aromatic nitrogens is 1. The molecule has 0 saturated carbocycles. The Morgan fingerprint density at radius 3 is 2.71 bits per heavy atom. The number of nitrogens with two attached hydrogens (primary N) is 1. The van der Waals surface area contributed by atoms with Crippen molar-refractivity contribution in [3.8, 4) is 0 Å². The lowest BCUT2D eigenvalue weighted by molar-refractivity contribution is 0.399. The SMILES string of the molecule is CNCc1ccc2cc(N)c(Cl)nc2c1.CO. The Hall–Kier alpha value is -1.36.